The topological polar surface area (TPSA) is 49.3 Å². The van der Waals surface area contributed by atoms with E-state index in [2.05, 4.69) is 5.32 Å². The van der Waals surface area contributed by atoms with Crippen LogP contribution in [0, 0.1) is 5.92 Å². The van der Waals surface area contributed by atoms with E-state index in [1.807, 2.05) is 6.92 Å². The molecule has 0 saturated heterocycles. The lowest BCUT2D eigenvalue weighted by Gasteiger charge is -2.07. The second-order valence-corrected chi connectivity index (χ2v) is 4.88. The van der Waals surface area contributed by atoms with Gasteiger partial charge in [0.2, 0.25) is 5.91 Å². The third kappa shape index (κ3) is 5.08. The lowest BCUT2D eigenvalue weighted by atomic mass is 10.2. The summed E-state index contributed by atoms with van der Waals surface area (Å²) in [6, 6.07) is 5.05. The standard InChI is InChI=1S/C13H15Cl2NO2/c1-9(8-17)7-16-13(18)5-2-10-6-11(14)3-4-12(10)15/h2-6,9,17H,7-8H2,1H3,(H,16,18)/b5-2+. The third-order valence-corrected chi connectivity index (χ3v) is 2.89. The molecule has 1 unspecified atom stereocenters. The number of aliphatic hydroxyl groups is 1. The molecule has 0 heterocycles. The Balaban J connectivity index is 2.58. The van der Waals surface area contributed by atoms with Gasteiger partial charge in [-0.25, -0.2) is 0 Å². The zero-order valence-electron chi connectivity index (χ0n) is 9.99. The molecule has 0 radical (unpaired) electrons. The second-order valence-electron chi connectivity index (χ2n) is 4.03. The van der Waals surface area contributed by atoms with Gasteiger partial charge in [-0.15, -0.1) is 0 Å². The Labute approximate surface area is 116 Å². The third-order valence-electron chi connectivity index (χ3n) is 2.31. The fraction of sp³-hybridized carbons (Fsp3) is 0.308. The number of nitrogens with one attached hydrogen (secondary N) is 1. The molecule has 3 nitrogen and oxygen atoms in total. The highest BCUT2D eigenvalue weighted by atomic mass is 35.5. The number of aliphatic hydroxyl groups excluding tert-OH is 1. The second kappa shape index (κ2) is 7.41. The number of hydrogen-bond acceptors (Lipinski definition) is 2. The van der Waals surface area contributed by atoms with Crippen LogP contribution in [0.3, 0.4) is 0 Å². The van der Waals surface area contributed by atoms with E-state index >= 15 is 0 Å². The Kier molecular flexibility index (Phi) is 6.19. The van der Waals surface area contributed by atoms with Crippen molar-refractivity contribution in [1.29, 1.82) is 0 Å². The van der Waals surface area contributed by atoms with E-state index in [0.717, 1.165) is 0 Å². The van der Waals surface area contributed by atoms with Crippen molar-refractivity contribution in [3.63, 3.8) is 0 Å². The van der Waals surface area contributed by atoms with Crippen LogP contribution in [0.5, 0.6) is 0 Å². The van der Waals surface area contributed by atoms with E-state index in [1.54, 1.807) is 24.3 Å². The van der Waals surface area contributed by atoms with E-state index in [1.165, 1.54) is 6.08 Å². The minimum atomic E-state index is -0.230. The molecule has 0 aliphatic rings. The lowest BCUT2D eigenvalue weighted by molar-refractivity contribution is -0.116. The van der Waals surface area contributed by atoms with Crippen LogP contribution in [0.25, 0.3) is 6.08 Å². The van der Waals surface area contributed by atoms with Crippen molar-refractivity contribution in [1.82, 2.24) is 5.32 Å². The maximum atomic E-state index is 11.5. The summed E-state index contributed by atoms with van der Waals surface area (Å²) in [6.07, 6.45) is 2.99. The Morgan fingerprint density at radius 2 is 2.22 bits per heavy atom. The van der Waals surface area contributed by atoms with E-state index in [9.17, 15) is 4.79 Å². The number of hydrogen-bond donors (Lipinski definition) is 2. The van der Waals surface area contributed by atoms with Gasteiger partial charge in [-0.3, -0.25) is 4.79 Å². The molecule has 2 N–H and O–H groups in total. The van der Waals surface area contributed by atoms with Crippen molar-refractivity contribution >= 4 is 35.2 Å². The van der Waals surface area contributed by atoms with Crippen LogP contribution in [0.15, 0.2) is 24.3 Å². The fourth-order valence-corrected chi connectivity index (χ4v) is 1.57. The monoisotopic (exact) mass is 287 g/mol. The summed E-state index contributed by atoms with van der Waals surface area (Å²) in [5.41, 5.74) is 0.689. The van der Waals surface area contributed by atoms with Crippen LogP contribution < -0.4 is 5.32 Å². The van der Waals surface area contributed by atoms with E-state index in [0.29, 0.717) is 22.2 Å². The molecule has 1 aromatic carbocycles. The first-order chi connectivity index (χ1) is 8.52. The van der Waals surface area contributed by atoms with Gasteiger partial charge >= 0.3 is 0 Å². The van der Waals surface area contributed by atoms with Crippen molar-refractivity contribution in [2.24, 2.45) is 5.92 Å². The van der Waals surface area contributed by atoms with E-state index in [4.69, 9.17) is 28.3 Å². The van der Waals surface area contributed by atoms with E-state index < -0.39 is 0 Å². The van der Waals surface area contributed by atoms with Crippen LogP contribution in [0.1, 0.15) is 12.5 Å². The maximum Gasteiger partial charge on any atom is 0.244 e. The molecule has 0 aromatic heterocycles. The summed E-state index contributed by atoms with van der Waals surface area (Å²) >= 11 is 11.8. The summed E-state index contributed by atoms with van der Waals surface area (Å²) < 4.78 is 0. The molecule has 0 aliphatic heterocycles. The van der Waals surface area contributed by atoms with Crippen LogP contribution in [-0.2, 0) is 4.79 Å². The Morgan fingerprint density at radius 3 is 2.89 bits per heavy atom. The molecule has 18 heavy (non-hydrogen) atoms. The van der Waals surface area contributed by atoms with Gasteiger partial charge in [-0.1, -0.05) is 30.1 Å². The minimum absolute atomic E-state index is 0.0390. The first-order valence-electron chi connectivity index (χ1n) is 5.54. The molecule has 0 fully saturated rings. The molecule has 1 amide bonds. The van der Waals surface area contributed by atoms with E-state index in [-0.39, 0.29) is 18.4 Å². The van der Waals surface area contributed by atoms with Gasteiger partial charge in [0.15, 0.2) is 0 Å². The average Bonchev–Trinajstić information content (AvgIpc) is 2.36. The summed E-state index contributed by atoms with van der Waals surface area (Å²) in [7, 11) is 0. The van der Waals surface area contributed by atoms with Crippen molar-refractivity contribution < 1.29 is 9.90 Å². The lowest BCUT2D eigenvalue weighted by Crippen LogP contribution is -2.27. The molecule has 1 aromatic rings. The van der Waals surface area contributed by atoms with Gasteiger partial charge in [0.25, 0.3) is 0 Å². The molecule has 0 spiro atoms. The molecule has 1 rings (SSSR count). The molecular weight excluding hydrogens is 273 g/mol. The number of amides is 1. The highest BCUT2D eigenvalue weighted by Crippen LogP contribution is 2.21. The van der Waals surface area contributed by atoms with Crippen LogP contribution in [0.2, 0.25) is 10.0 Å². The van der Waals surface area contributed by atoms with Crippen LogP contribution in [-0.4, -0.2) is 24.2 Å². The first-order valence-corrected chi connectivity index (χ1v) is 6.30. The normalized spacial score (nSPS) is 12.7. The number of carbonyl (C=O) groups excluding carboxylic acids is 1. The molecular formula is C13H15Cl2NO2. The molecule has 1 atom stereocenters. The highest BCUT2D eigenvalue weighted by molar-refractivity contribution is 6.34. The Bertz CT molecular complexity index is 447. The van der Waals surface area contributed by atoms with Crippen LogP contribution in [0.4, 0.5) is 0 Å². The molecule has 5 heteroatoms. The molecule has 0 saturated carbocycles. The van der Waals surface area contributed by atoms with Crippen molar-refractivity contribution in [2.75, 3.05) is 13.2 Å². The van der Waals surface area contributed by atoms with Gasteiger partial charge < -0.3 is 10.4 Å². The summed E-state index contributed by atoms with van der Waals surface area (Å²) in [6.45, 7) is 2.32. The Hall–Kier alpha value is -1.03. The quantitative estimate of drug-likeness (QED) is 0.818. The zero-order chi connectivity index (χ0) is 13.5. The molecule has 98 valence electrons. The number of rotatable bonds is 5. The smallest absolute Gasteiger partial charge is 0.244 e. The summed E-state index contributed by atoms with van der Waals surface area (Å²) in [5, 5.41) is 12.6. The largest absolute Gasteiger partial charge is 0.396 e. The maximum absolute atomic E-state index is 11.5. The number of carbonyl (C=O) groups is 1. The van der Waals surface area contributed by atoms with Crippen molar-refractivity contribution in [3.8, 4) is 0 Å². The first kappa shape index (κ1) is 15.0. The van der Waals surface area contributed by atoms with Gasteiger partial charge in [0.1, 0.15) is 0 Å². The summed E-state index contributed by atoms with van der Waals surface area (Å²) in [5.74, 6) is -0.191. The predicted octanol–water partition coefficient (Wildman–Crippen LogP) is 2.75. The van der Waals surface area contributed by atoms with Crippen molar-refractivity contribution in [3.05, 3.63) is 39.9 Å². The number of halogens is 2. The zero-order valence-corrected chi connectivity index (χ0v) is 11.5. The predicted molar refractivity (Wildman–Crippen MR) is 74.8 cm³/mol. The van der Waals surface area contributed by atoms with Gasteiger partial charge in [0.05, 0.1) is 0 Å². The fourth-order valence-electron chi connectivity index (χ4n) is 1.21. The number of benzene rings is 1. The summed E-state index contributed by atoms with van der Waals surface area (Å²) in [4.78, 5) is 11.5. The average molecular weight is 288 g/mol. The molecule has 0 aliphatic carbocycles. The van der Waals surface area contributed by atoms with Crippen LogP contribution >= 0.6 is 23.2 Å². The minimum Gasteiger partial charge on any atom is -0.396 e. The van der Waals surface area contributed by atoms with Crippen molar-refractivity contribution in [2.45, 2.75) is 6.92 Å². The van der Waals surface area contributed by atoms with Gasteiger partial charge in [0, 0.05) is 29.3 Å². The Morgan fingerprint density at radius 1 is 1.50 bits per heavy atom. The molecule has 0 bridgehead atoms. The SMILES string of the molecule is CC(CO)CNC(=O)/C=C/c1cc(Cl)ccc1Cl. The van der Waals surface area contributed by atoms with Gasteiger partial charge in [-0.05, 0) is 35.8 Å². The van der Waals surface area contributed by atoms with Gasteiger partial charge in [-0.2, -0.15) is 0 Å². The highest BCUT2D eigenvalue weighted by Gasteiger charge is 2.02.